The number of carbonyl (C=O) groups is 1. The summed E-state index contributed by atoms with van der Waals surface area (Å²) in [7, 11) is 0. The molecule has 0 saturated carbocycles. The molecule has 1 aliphatic rings. The van der Waals surface area contributed by atoms with Crippen LogP contribution in [0.5, 0.6) is 0 Å². The standard InChI is InChI=1S/C22H28N8O/c1-2-23-21(25-16-20-28-27-19-10-3-4-13-30(19)20)24-15-17-8-7-9-18(14-17)26-22(31)29-11-5-6-12-29/h3-4,7-10,13-14H,2,5-6,11-12,15-16H2,1H3,(H,26,31)(H2,23,24,25). The van der Waals surface area contributed by atoms with Gasteiger partial charge in [-0.05, 0) is 49.6 Å². The molecule has 3 N–H and O–H groups in total. The van der Waals surface area contributed by atoms with Crippen LogP contribution in [-0.4, -0.2) is 51.1 Å². The number of hydrogen-bond donors (Lipinski definition) is 3. The van der Waals surface area contributed by atoms with Gasteiger partial charge in [0.1, 0.15) is 0 Å². The molecule has 2 amide bonds. The third-order valence-electron chi connectivity index (χ3n) is 5.13. The number of likely N-dealkylation sites (tertiary alicyclic amines) is 1. The van der Waals surface area contributed by atoms with Gasteiger partial charge in [0.05, 0.1) is 13.1 Å². The van der Waals surface area contributed by atoms with Crippen LogP contribution in [0.3, 0.4) is 0 Å². The zero-order valence-electron chi connectivity index (χ0n) is 17.7. The molecule has 1 aliphatic heterocycles. The van der Waals surface area contributed by atoms with Crippen LogP contribution in [0.1, 0.15) is 31.2 Å². The van der Waals surface area contributed by atoms with Crippen molar-refractivity contribution in [3.8, 4) is 0 Å². The number of aliphatic imine (C=N–C) groups is 1. The normalized spacial score (nSPS) is 14.1. The molecule has 9 nitrogen and oxygen atoms in total. The first kappa shape index (κ1) is 20.6. The van der Waals surface area contributed by atoms with Gasteiger partial charge in [-0.2, -0.15) is 0 Å². The number of anilines is 1. The summed E-state index contributed by atoms with van der Waals surface area (Å²) >= 11 is 0. The smallest absolute Gasteiger partial charge is 0.321 e. The summed E-state index contributed by atoms with van der Waals surface area (Å²) in [5.74, 6) is 1.51. The number of benzene rings is 1. The van der Waals surface area contributed by atoms with Crippen LogP contribution in [-0.2, 0) is 13.1 Å². The summed E-state index contributed by atoms with van der Waals surface area (Å²) in [5, 5.41) is 18.0. The number of pyridine rings is 1. The lowest BCUT2D eigenvalue weighted by atomic mass is 10.2. The monoisotopic (exact) mass is 420 g/mol. The minimum absolute atomic E-state index is 0.0336. The van der Waals surface area contributed by atoms with E-state index >= 15 is 0 Å². The zero-order chi connectivity index (χ0) is 21.5. The molecule has 0 aliphatic carbocycles. The van der Waals surface area contributed by atoms with Crippen molar-refractivity contribution < 1.29 is 4.79 Å². The minimum atomic E-state index is -0.0336. The molecule has 0 atom stereocenters. The number of amides is 2. The van der Waals surface area contributed by atoms with Crippen LogP contribution >= 0.6 is 0 Å². The Balaban J connectivity index is 1.38. The fourth-order valence-corrected chi connectivity index (χ4v) is 3.56. The number of urea groups is 1. The van der Waals surface area contributed by atoms with Gasteiger partial charge in [0, 0.05) is 31.5 Å². The van der Waals surface area contributed by atoms with Crippen LogP contribution < -0.4 is 16.0 Å². The number of rotatable bonds is 6. The number of guanidine groups is 1. The molecule has 4 rings (SSSR count). The predicted molar refractivity (Wildman–Crippen MR) is 121 cm³/mol. The molecule has 9 heteroatoms. The van der Waals surface area contributed by atoms with Gasteiger partial charge in [0.15, 0.2) is 17.4 Å². The molecule has 0 radical (unpaired) electrons. The third-order valence-corrected chi connectivity index (χ3v) is 5.13. The van der Waals surface area contributed by atoms with Crippen molar-refractivity contribution in [1.29, 1.82) is 0 Å². The Morgan fingerprint density at radius 1 is 1.10 bits per heavy atom. The Hall–Kier alpha value is -3.62. The van der Waals surface area contributed by atoms with Gasteiger partial charge in [-0.3, -0.25) is 4.40 Å². The molecule has 162 valence electrons. The maximum absolute atomic E-state index is 12.3. The lowest BCUT2D eigenvalue weighted by Gasteiger charge is -2.16. The third kappa shape index (κ3) is 5.30. The van der Waals surface area contributed by atoms with E-state index in [1.165, 1.54) is 0 Å². The van der Waals surface area contributed by atoms with Crippen molar-refractivity contribution >= 4 is 23.3 Å². The average Bonchev–Trinajstić information content (AvgIpc) is 3.46. The molecule has 0 bridgehead atoms. The summed E-state index contributed by atoms with van der Waals surface area (Å²) in [6.07, 6.45) is 4.10. The van der Waals surface area contributed by atoms with E-state index in [0.717, 1.165) is 55.2 Å². The minimum Gasteiger partial charge on any atom is -0.357 e. The highest BCUT2D eigenvalue weighted by molar-refractivity contribution is 5.89. The Kier molecular flexibility index (Phi) is 6.61. The van der Waals surface area contributed by atoms with Crippen molar-refractivity contribution in [2.75, 3.05) is 25.0 Å². The molecule has 3 heterocycles. The number of fused-ring (bicyclic) bond motifs is 1. The van der Waals surface area contributed by atoms with Crippen LogP contribution in [0.2, 0.25) is 0 Å². The highest BCUT2D eigenvalue weighted by Gasteiger charge is 2.17. The van der Waals surface area contributed by atoms with E-state index in [-0.39, 0.29) is 6.03 Å². The molecule has 3 aromatic rings. The summed E-state index contributed by atoms with van der Waals surface area (Å²) in [6, 6.07) is 13.6. The number of hydrogen-bond acceptors (Lipinski definition) is 4. The lowest BCUT2D eigenvalue weighted by molar-refractivity contribution is 0.222. The molecule has 0 unspecified atom stereocenters. The highest BCUT2D eigenvalue weighted by atomic mass is 16.2. The molecule has 1 fully saturated rings. The van der Waals surface area contributed by atoms with Gasteiger partial charge in [-0.25, -0.2) is 9.79 Å². The quantitative estimate of drug-likeness (QED) is 0.421. The number of aromatic nitrogens is 3. The topological polar surface area (TPSA) is 99.0 Å². The molecule has 1 aromatic carbocycles. The Labute approximate surface area is 181 Å². The first-order chi connectivity index (χ1) is 15.2. The predicted octanol–water partition coefficient (Wildman–Crippen LogP) is 2.61. The van der Waals surface area contributed by atoms with Crippen LogP contribution in [0.25, 0.3) is 5.65 Å². The van der Waals surface area contributed by atoms with Gasteiger partial charge in [0.2, 0.25) is 0 Å². The van der Waals surface area contributed by atoms with Crippen molar-refractivity contribution in [3.63, 3.8) is 0 Å². The second-order valence-electron chi connectivity index (χ2n) is 7.42. The first-order valence-electron chi connectivity index (χ1n) is 10.7. The maximum Gasteiger partial charge on any atom is 0.321 e. The molecule has 1 saturated heterocycles. The molecule has 2 aromatic heterocycles. The second-order valence-corrected chi connectivity index (χ2v) is 7.42. The molecule has 0 spiro atoms. The largest absolute Gasteiger partial charge is 0.357 e. The zero-order valence-corrected chi connectivity index (χ0v) is 17.7. The van der Waals surface area contributed by atoms with Gasteiger partial charge in [-0.15, -0.1) is 10.2 Å². The molecular formula is C22H28N8O. The number of carbonyl (C=O) groups excluding carboxylic acids is 1. The van der Waals surface area contributed by atoms with Gasteiger partial charge in [0.25, 0.3) is 0 Å². The van der Waals surface area contributed by atoms with E-state index in [2.05, 4.69) is 31.1 Å². The van der Waals surface area contributed by atoms with Gasteiger partial charge in [-0.1, -0.05) is 18.2 Å². The van der Waals surface area contributed by atoms with Crippen LogP contribution in [0.15, 0.2) is 53.7 Å². The number of nitrogens with one attached hydrogen (secondary N) is 3. The fourth-order valence-electron chi connectivity index (χ4n) is 3.56. The second kappa shape index (κ2) is 9.92. The summed E-state index contributed by atoms with van der Waals surface area (Å²) in [6.45, 7) is 5.42. The maximum atomic E-state index is 12.3. The van der Waals surface area contributed by atoms with Crippen molar-refractivity contribution in [3.05, 3.63) is 60.0 Å². The van der Waals surface area contributed by atoms with Crippen LogP contribution in [0.4, 0.5) is 10.5 Å². The van der Waals surface area contributed by atoms with Crippen molar-refractivity contribution in [2.24, 2.45) is 4.99 Å². The molecular weight excluding hydrogens is 392 g/mol. The lowest BCUT2D eigenvalue weighted by Crippen LogP contribution is -2.37. The SMILES string of the molecule is CCNC(=NCc1cccc(NC(=O)N2CCCC2)c1)NCc1nnc2ccccn12. The first-order valence-corrected chi connectivity index (χ1v) is 10.7. The van der Waals surface area contributed by atoms with E-state index in [4.69, 9.17) is 0 Å². The van der Waals surface area contributed by atoms with Crippen molar-refractivity contribution in [2.45, 2.75) is 32.9 Å². The Bertz CT molecular complexity index is 1050. The summed E-state index contributed by atoms with van der Waals surface area (Å²) in [5.41, 5.74) is 2.62. The van der Waals surface area contributed by atoms with E-state index in [1.807, 2.05) is 64.9 Å². The van der Waals surface area contributed by atoms with E-state index in [0.29, 0.717) is 19.0 Å². The summed E-state index contributed by atoms with van der Waals surface area (Å²) in [4.78, 5) is 18.9. The summed E-state index contributed by atoms with van der Waals surface area (Å²) < 4.78 is 1.95. The average molecular weight is 421 g/mol. The van der Waals surface area contributed by atoms with Crippen LogP contribution in [0, 0.1) is 0 Å². The highest BCUT2D eigenvalue weighted by Crippen LogP contribution is 2.14. The Morgan fingerprint density at radius 3 is 2.81 bits per heavy atom. The fraction of sp³-hybridized carbons (Fsp3) is 0.364. The van der Waals surface area contributed by atoms with E-state index in [9.17, 15) is 4.79 Å². The van der Waals surface area contributed by atoms with Gasteiger partial charge >= 0.3 is 6.03 Å². The van der Waals surface area contributed by atoms with E-state index < -0.39 is 0 Å². The Morgan fingerprint density at radius 2 is 1.97 bits per heavy atom. The van der Waals surface area contributed by atoms with E-state index in [1.54, 1.807) is 0 Å². The number of nitrogens with zero attached hydrogens (tertiary/aromatic N) is 5. The van der Waals surface area contributed by atoms with Crippen molar-refractivity contribution in [1.82, 2.24) is 30.1 Å². The van der Waals surface area contributed by atoms with Gasteiger partial charge < -0.3 is 20.9 Å². The molecule has 31 heavy (non-hydrogen) atoms.